The SMILES string of the molecule is COc1cc(/C=N/NC(=O)Cc2cccc3ccccc23)ccc1OC(=O)c1ccc(Cl)c(Cl)c1. The highest BCUT2D eigenvalue weighted by Crippen LogP contribution is 2.29. The molecule has 176 valence electrons. The highest BCUT2D eigenvalue weighted by molar-refractivity contribution is 6.42. The van der Waals surface area contributed by atoms with Gasteiger partial charge in [0.2, 0.25) is 5.91 Å². The second-order valence-corrected chi connectivity index (χ2v) is 8.35. The number of fused-ring (bicyclic) bond motifs is 1. The number of ether oxygens (including phenoxy) is 2. The standard InChI is InChI=1S/C27H20Cl2N2O4/c1-34-25-13-17(9-12-24(25)35-27(33)20-10-11-22(28)23(29)14-20)16-30-31-26(32)15-19-7-4-6-18-5-2-3-8-21(18)19/h2-14,16H,15H2,1H3,(H,31,32)/b30-16+. The number of halogens is 2. The van der Waals surface area contributed by atoms with Crippen LogP contribution in [0.3, 0.4) is 0 Å². The van der Waals surface area contributed by atoms with Crippen molar-refractivity contribution < 1.29 is 19.1 Å². The summed E-state index contributed by atoms with van der Waals surface area (Å²) in [7, 11) is 1.46. The van der Waals surface area contributed by atoms with E-state index in [1.807, 2.05) is 42.5 Å². The molecule has 35 heavy (non-hydrogen) atoms. The number of rotatable bonds is 7. The summed E-state index contributed by atoms with van der Waals surface area (Å²) in [4.78, 5) is 24.9. The molecular weight excluding hydrogens is 487 g/mol. The van der Waals surface area contributed by atoms with Gasteiger partial charge in [-0.2, -0.15) is 5.10 Å². The first-order valence-corrected chi connectivity index (χ1v) is 11.3. The van der Waals surface area contributed by atoms with Crippen LogP contribution in [0.4, 0.5) is 0 Å². The average molecular weight is 507 g/mol. The molecule has 4 rings (SSSR count). The maximum Gasteiger partial charge on any atom is 0.343 e. The molecule has 0 bridgehead atoms. The Hall–Kier alpha value is -3.87. The number of carbonyl (C=O) groups excluding carboxylic acids is 2. The quantitative estimate of drug-likeness (QED) is 0.143. The molecule has 0 radical (unpaired) electrons. The lowest BCUT2D eigenvalue weighted by atomic mass is 10.0. The molecule has 4 aromatic carbocycles. The minimum Gasteiger partial charge on any atom is -0.493 e. The molecule has 1 N–H and O–H groups in total. The number of benzene rings is 4. The van der Waals surface area contributed by atoms with Crippen LogP contribution >= 0.6 is 23.2 Å². The van der Waals surface area contributed by atoms with Gasteiger partial charge in [0, 0.05) is 0 Å². The molecular formula is C27H20Cl2N2O4. The van der Waals surface area contributed by atoms with Gasteiger partial charge >= 0.3 is 5.97 Å². The Kier molecular flexibility index (Phi) is 7.65. The van der Waals surface area contributed by atoms with Gasteiger partial charge in [-0.1, -0.05) is 65.7 Å². The highest BCUT2D eigenvalue weighted by atomic mass is 35.5. The Balaban J connectivity index is 1.40. The average Bonchev–Trinajstić information content (AvgIpc) is 2.86. The van der Waals surface area contributed by atoms with Gasteiger partial charge < -0.3 is 9.47 Å². The van der Waals surface area contributed by atoms with Gasteiger partial charge in [-0.25, -0.2) is 10.2 Å². The van der Waals surface area contributed by atoms with E-state index in [0.29, 0.717) is 16.3 Å². The number of hydrogen-bond acceptors (Lipinski definition) is 5. The Bertz CT molecular complexity index is 1430. The molecule has 0 aromatic heterocycles. The van der Waals surface area contributed by atoms with Crippen molar-refractivity contribution in [2.24, 2.45) is 5.10 Å². The first-order chi connectivity index (χ1) is 16.9. The van der Waals surface area contributed by atoms with Crippen molar-refractivity contribution in [1.82, 2.24) is 5.43 Å². The highest BCUT2D eigenvalue weighted by Gasteiger charge is 2.14. The number of hydrogen-bond donors (Lipinski definition) is 1. The number of esters is 1. The maximum absolute atomic E-state index is 12.5. The van der Waals surface area contributed by atoms with E-state index in [-0.39, 0.29) is 28.7 Å². The fourth-order valence-corrected chi connectivity index (χ4v) is 3.77. The van der Waals surface area contributed by atoms with Crippen molar-refractivity contribution in [3.05, 3.63) is 106 Å². The third-order valence-electron chi connectivity index (χ3n) is 5.18. The van der Waals surface area contributed by atoms with Crippen LogP contribution in [-0.4, -0.2) is 25.2 Å². The molecule has 0 unspecified atom stereocenters. The molecule has 0 aliphatic heterocycles. The Labute approximate surface area is 212 Å². The molecule has 0 saturated heterocycles. The van der Waals surface area contributed by atoms with Crippen molar-refractivity contribution in [1.29, 1.82) is 0 Å². The second-order valence-electron chi connectivity index (χ2n) is 7.54. The fraction of sp³-hybridized carbons (Fsp3) is 0.0741. The van der Waals surface area contributed by atoms with Crippen LogP contribution in [0.25, 0.3) is 10.8 Å². The Morgan fingerprint density at radius 2 is 1.71 bits per heavy atom. The van der Waals surface area contributed by atoms with E-state index in [1.54, 1.807) is 18.2 Å². The molecule has 0 aliphatic carbocycles. The van der Waals surface area contributed by atoms with Gasteiger partial charge in [0.05, 0.1) is 35.4 Å². The van der Waals surface area contributed by atoms with Gasteiger partial charge in [0.25, 0.3) is 0 Å². The summed E-state index contributed by atoms with van der Waals surface area (Å²) in [6.07, 6.45) is 1.68. The van der Waals surface area contributed by atoms with E-state index in [9.17, 15) is 9.59 Å². The Morgan fingerprint density at radius 3 is 2.51 bits per heavy atom. The first kappa shape index (κ1) is 24.3. The van der Waals surface area contributed by atoms with E-state index in [4.69, 9.17) is 32.7 Å². The van der Waals surface area contributed by atoms with Crippen LogP contribution < -0.4 is 14.9 Å². The molecule has 4 aromatic rings. The fourth-order valence-electron chi connectivity index (χ4n) is 3.47. The third kappa shape index (κ3) is 5.98. The lowest BCUT2D eigenvalue weighted by Crippen LogP contribution is -2.19. The molecule has 8 heteroatoms. The van der Waals surface area contributed by atoms with Gasteiger partial charge in [-0.3, -0.25) is 4.79 Å². The largest absolute Gasteiger partial charge is 0.493 e. The zero-order valence-corrected chi connectivity index (χ0v) is 20.1. The maximum atomic E-state index is 12.5. The van der Waals surface area contributed by atoms with Crippen LogP contribution in [0, 0.1) is 0 Å². The predicted molar refractivity (Wildman–Crippen MR) is 138 cm³/mol. The van der Waals surface area contributed by atoms with Crippen LogP contribution in [-0.2, 0) is 11.2 Å². The number of methoxy groups -OCH3 is 1. The lowest BCUT2D eigenvalue weighted by Gasteiger charge is -2.10. The van der Waals surface area contributed by atoms with E-state index in [0.717, 1.165) is 16.3 Å². The van der Waals surface area contributed by atoms with E-state index >= 15 is 0 Å². The molecule has 1 amide bonds. The van der Waals surface area contributed by atoms with E-state index < -0.39 is 5.97 Å². The van der Waals surface area contributed by atoms with Gasteiger partial charge in [-0.05, 0) is 58.3 Å². The van der Waals surface area contributed by atoms with Crippen molar-refractivity contribution >= 4 is 52.1 Å². The van der Waals surface area contributed by atoms with E-state index in [1.165, 1.54) is 31.5 Å². The summed E-state index contributed by atoms with van der Waals surface area (Å²) in [5.74, 6) is -0.300. The summed E-state index contributed by atoms with van der Waals surface area (Å²) in [5.41, 5.74) is 4.35. The molecule has 0 spiro atoms. The molecule has 0 fully saturated rings. The number of nitrogens with one attached hydrogen (secondary N) is 1. The topological polar surface area (TPSA) is 77.0 Å². The third-order valence-corrected chi connectivity index (χ3v) is 5.92. The van der Waals surface area contributed by atoms with Crippen molar-refractivity contribution in [3.8, 4) is 11.5 Å². The molecule has 0 saturated carbocycles. The zero-order valence-electron chi connectivity index (χ0n) is 18.6. The number of nitrogens with zero attached hydrogens (tertiary/aromatic N) is 1. The zero-order chi connectivity index (χ0) is 24.8. The molecule has 0 atom stereocenters. The monoisotopic (exact) mass is 506 g/mol. The first-order valence-electron chi connectivity index (χ1n) is 10.6. The van der Waals surface area contributed by atoms with Crippen LogP contribution in [0.1, 0.15) is 21.5 Å². The van der Waals surface area contributed by atoms with E-state index in [2.05, 4.69) is 10.5 Å². The summed E-state index contributed by atoms with van der Waals surface area (Å²) in [6, 6.07) is 23.1. The van der Waals surface area contributed by atoms with Crippen LogP contribution in [0.2, 0.25) is 10.0 Å². The van der Waals surface area contributed by atoms with Gasteiger partial charge in [0.15, 0.2) is 11.5 Å². The summed E-state index contributed by atoms with van der Waals surface area (Å²) in [6.45, 7) is 0. The van der Waals surface area contributed by atoms with Crippen molar-refractivity contribution in [2.75, 3.05) is 7.11 Å². The molecule has 6 nitrogen and oxygen atoms in total. The minimum atomic E-state index is -0.607. The summed E-state index contributed by atoms with van der Waals surface area (Å²) in [5, 5.41) is 6.74. The second kappa shape index (κ2) is 11.0. The van der Waals surface area contributed by atoms with Crippen LogP contribution in [0.5, 0.6) is 11.5 Å². The summed E-state index contributed by atoms with van der Waals surface area (Å²) >= 11 is 11.9. The predicted octanol–water partition coefficient (Wildman–Crippen LogP) is 6.07. The molecule has 0 heterocycles. The van der Waals surface area contributed by atoms with Crippen molar-refractivity contribution in [3.63, 3.8) is 0 Å². The summed E-state index contributed by atoms with van der Waals surface area (Å²) < 4.78 is 10.8. The minimum absolute atomic E-state index is 0.200. The number of amides is 1. The van der Waals surface area contributed by atoms with Crippen molar-refractivity contribution in [2.45, 2.75) is 6.42 Å². The smallest absolute Gasteiger partial charge is 0.343 e. The normalized spacial score (nSPS) is 10.9. The van der Waals surface area contributed by atoms with Gasteiger partial charge in [0.1, 0.15) is 0 Å². The lowest BCUT2D eigenvalue weighted by molar-refractivity contribution is -0.120. The molecule has 0 aliphatic rings. The van der Waals surface area contributed by atoms with Crippen LogP contribution in [0.15, 0.2) is 84.0 Å². The number of hydrazone groups is 1. The number of carbonyl (C=O) groups is 2. The Morgan fingerprint density at radius 1 is 0.914 bits per heavy atom. The van der Waals surface area contributed by atoms with Gasteiger partial charge in [-0.15, -0.1) is 0 Å².